The van der Waals surface area contributed by atoms with E-state index in [9.17, 15) is 0 Å². The van der Waals surface area contributed by atoms with Crippen molar-refractivity contribution in [1.82, 2.24) is 4.90 Å². The Bertz CT molecular complexity index is 205. The van der Waals surface area contributed by atoms with Gasteiger partial charge in [-0.3, -0.25) is 0 Å². The highest BCUT2D eigenvalue weighted by molar-refractivity contribution is 4.99. The second-order valence-electron chi connectivity index (χ2n) is 6.28. The van der Waals surface area contributed by atoms with Gasteiger partial charge < -0.3 is 10.6 Å². The van der Waals surface area contributed by atoms with Crippen molar-refractivity contribution in [3.63, 3.8) is 0 Å². The van der Waals surface area contributed by atoms with E-state index in [1.54, 1.807) is 0 Å². The molecule has 0 aromatic carbocycles. The molecule has 0 aliphatic heterocycles. The van der Waals surface area contributed by atoms with E-state index in [1.165, 1.54) is 51.4 Å². The van der Waals surface area contributed by atoms with Crippen molar-refractivity contribution in [3.8, 4) is 0 Å². The van der Waals surface area contributed by atoms with Gasteiger partial charge in [0.1, 0.15) is 0 Å². The first-order chi connectivity index (χ1) is 8.03. The fourth-order valence-electron chi connectivity index (χ4n) is 3.29. The van der Waals surface area contributed by atoms with Crippen LogP contribution < -0.4 is 5.73 Å². The number of rotatable bonds is 6. The normalized spacial score (nSPS) is 31.8. The average molecular weight is 240 g/mol. The number of likely N-dealkylation sites (N-methyl/N-ethyl adjacent to an activating group) is 1. The molecule has 17 heavy (non-hydrogen) atoms. The van der Waals surface area contributed by atoms with Crippen molar-refractivity contribution in [2.45, 2.75) is 76.8 Å². The maximum Gasteiger partial charge on any atom is 0.0354 e. The van der Waals surface area contributed by atoms with Gasteiger partial charge in [-0.15, -0.1) is 0 Å². The predicted molar refractivity (Wildman–Crippen MR) is 76.2 cm³/mol. The molecule has 0 saturated heterocycles. The van der Waals surface area contributed by atoms with E-state index in [0.29, 0.717) is 6.04 Å². The highest BCUT2D eigenvalue weighted by Gasteiger charge is 2.40. The van der Waals surface area contributed by atoms with Gasteiger partial charge in [0.25, 0.3) is 0 Å². The summed E-state index contributed by atoms with van der Waals surface area (Å²) in [4.78, 5) is 2.41. The van der Waals surface area contributed by atoms with Gasteiger partial charge in [-0.2, -0.15) is 0 Å². The molecule has 0 aromatic rings. The standard InChI is InChI=1S/C15H32N2/c1-5-6-7-8-14(16)15(17(3)4)11-9-13(2)10-12-15/h13-14H,5-12,16H2,1-4H3. The summed E-state index contributed by atoms with van der Waals surface area (Å²) < 4.78 is 0. The van der Waals surface area contributed by atoms with Gasteiger partial charge in [-0.1, -0.05) is 33.1 Å². The zero-order chi connectivity index (χ0) is 12.9. The van der Waals surface area contributed by atoms with Crippen LogP contribution in [0.4, 0.5) is 0 Å². The molecule has 1 saturated carbocycles. The van der Waals surface area contributed by atoms with Gasteiger partial charge in [0.15, 0.2) is 0 Å². The van der Waals surface area contributed by atoms with Crippen LogP contribution in [0, 0.1) is 5.92 Å². The topological polar surface area (TPSA) is 29.3 Å². The Kier molecular flexibility index (Phi) is 5.94. The fraction of sp³-hybridized carbons (Fsp3) is 1.00. The number of hydrogen-bond acceptors (Lipinski definition) is 2. The summed E-state index contributed by atoms with van der Waals surface area (Å²) >= 11 is 0. The van der Waals surface area contributed by atoms with Gasteiger partial charge >= 0.3 is 0 Å². The monoisotopic (exact) mass is 240 g/mol. The molecule has 0 bridgehead atoms. The van der Waals surface area contributed by atoms with Crippen LogP contribution in [0.15, 0.2) is 0 Å². The smallest absolute Gasteiger partial charge is 0.0354 e. The summed E-state index contributed by atoms with van der Waals surface area (Å²) in [6.07, 6.45) is 10.4. The maximum atomic E-state index is 6.53. The van der Waals surface area contributed by atoms with Crippen LogP contribution in [0.1, 0.15) is 65.2 Å². The van der Waals surface area contributed by atoms with E-state index in [4.69, 9.17) is 5.73 Å². The molecular weight excluding hydrogens is 208 g/mol. The lowest BCUT2D eigenvalue weighted by Crippen LogP contribution is -2.58. The van der Waals surface area contributed by atoms with Crippen molar-refractivity contribution < 1.29 is 0 Å². The molecule has 1 fully saturated rings. The van der Waals surface area contributed by atoms with Crippen molar-refractivity contribution >= 4 is 0 Å². The Morgan fingerprint density at radius 3 is 2.29 bits per heavy atom. The fourth-order valence-corrected chi connectivity index (χ4v) is 3.29. The molecule has 2 N–H and O–H groups in total. The van der Waals surface area contributed by atoms with Crippen molar-refractivity contribution in [1.29, 1.82) is 0 Å². The first-order valence-corrected chi connectivity index (χ1v) is 7.46. The summed E-state index contributed by atoms with van der Waals surface area (Å²) in [7, 11) is 4.44. The second kappa shape index (κ2) is 6.75. The SMILES string of the molecule is CCCCCC(N)C1(N(C)C)CCC(C)CC1. The summed E-state index contributed by atoms with van der Waals surface area (Å²) in [5, 5.41) is 0. The summed E-state index contributed by atoms with van der Waals surface area (Å²) in [5.41, 5.74) is 6.81. The van der Waals surface area contributed by atoms with Crippen LogP contribution in [0.3, 0.4) is 0 Å². The maximum absolute atomic E-state index is 6.53. The number of nitrogens with two attached hydrogens (primary N) is 1. The predicted octanol–water partition coefficient (Wildman–Crippen LogP) is 3.40. The van der Waals surface area contributed by atoms with Gasteiger partial charge in [-0.05, 0) is 52.1 Å². The lowest BCUT2D eigenvalue weighted by Gasteiger charge is -2.48. The third-order valence-electron chi connectivity index (χ3n) is 4.84. The summed E-state index contributed by atoms with van der Waals surface area (Å²) in [6.45, 7) is 4.64. The van der Waals surface area contributed by atoms with E-state index in [2.05, 4.69) is 32.8 Å². The summed E-state index contributed by atoms with van der Waals surface area (Å²) in [5.74, 6) is 0.894. The van der Waals surface area contributed by atoms with Crippen LogP contribution in [0.25, 0.3) is 0 Å². The van der Waals surface area contributed by atoms with Gasteiger partial charge in [0.2, 0.25) is 0 Å². The molecule has 0 radical (unpaired) electrons. The van der Waals surface area contributed by atoms with Crippen LogP contribution in [-0.4, -0.2) is 30.6 Å². The molecule has 2 nitrogen and oxygen atoms in total. The molecule has 1 aliphatic rings. The Morgan fingerprint density at radius 2 is 1.82 bits per heavy atom. The molecule has 102 valence electrons. The van der Waals surface area contributed by atoms with E-state index >= 15 is 0 Å². The summed E-state index contributed by atoms with van der Waals surface area (Å²) in [6, 6.07) is 0.358. The second-order valence-corrected chi connectivity index (χ2v) is 6.28. The van der Waals surface area contributed by atoms with E-state index in [1.807, 2.05) is 0 Å². The number of unbranched alkanes of at least 4 members (excludes halogenated alkanes) is 2. The van der Waals surface area contributed by atoms with E-state index in [0.717, 1.165) is 5.92 Å². The Labute approximate surface area is 108 Å². The Hall–Kier alpha value is -0.0800. The van der Waals surface area contributed by atoms with Crippen LogP contribution in [0.5, 0.6) is 0 Å². The minimum absolute atomic E-state index is 0.278. The molecule has 1 unspecified atom stereocenters. The van der Waals surface area contributed by atoms with Gasteiger partial charge in [-0.25, -0.2) is 0 Å². The Morgan fingerprint density at radius 1 is 1.24 bits per heavy atom. The first kappa shape index (κ1) is 15.0. The lowest BCUT2D eigenvalue weighted by molar-refractivity contribution is 0.0532. The Balaban J connectivity index is 2.58. The molecule has 1 atom stereocenters. The molecule has 1 rings (SSSR count). The molecule has 2 heteroatoms. The van der Waals surface area contributed by atoms with Crippen molar-refractivity contribution in [3.05, 3.63) is 0 Å². The van der Waals surface area contributed by atoms with Crippen molar-refractivity contribution in [2.24, 2.45) is 11.7 Å². The van der Waals surface area contributed by atoms with Crippen LogP contribution in [-0.2, 0) is 0 Å². The molecular formula is C15H32N2. The largest absolute Gasteiger partial charge is 0.326 e. The van der Waals surface area contributed by atoms with Crippen LogP contribution >= 0.6 is 0 Å². The quantitative estimate of drug-likeness (QED) is 0.721. The highest BCUT2D eigenvalue weighted by Crippen LogP contribution is 2.38. The van der Waals surface area contributed by atoms with Crippen LogP contribution in [0.2, 0.25) is 0 Å². The molecule has 0 heterocycles. The lowest BCUT2D eigenvalue weighted by atomic mass is 9.71. The third-order valence-corrected chi connectivity index (χ3v) is 4.84. The van der Waals surface area contributed by atoms with Gasteiger partial charge in [0, 0.05) is 11.6 Å². The minimum Gasteiger partial charge on any atom is -0.326 e. The number of hydrogen-bond donors (Lipinski definition) is 1. The van der Waals surface area contributed by atoms with Crippen molar-refractivity contribution in [2.75, 3.05) is 14.1 Å². The molecule has 0 aromatic heterocycles. The molecule has 0 spiro atoms. The average Bonchev–Trinajstić information content (AvgIpc) is 2.30. The first-order valence-electron chi connectivity index (χ1n) is 7.46. The van der Waals surface area contributed by atoms with E-state index in [-0.39, 0.29) is 5.54 Å². The third kappa shape index (κ3) is 3.69. The highest BCUT2D eigenvalue weighted by atomic mass is 15.2. The van der Waals surface area contributed by atoms with Gasteiger partial charge in [0.05, 0.1) is 0 Å². The molecule has 0 amide bonds. The zero-order valence-corrected chi connectivity index (χ0v) is 12.3. The zero-order valence-electron chi connectivity index (χ0n) is 12.3. The number of nitrogens with zero attached hydrogens (tertiary/aromatic N) is 1. The minimum atomic E-state index is 0.278. The molecule has 1 aliphatic carbocycles. The van der Waals surface area contributed by atoms with E-state index < -0.39 is 0 Å².